The molecule has 0 atom stereocenters. The maximum absolute atomic E-state index is 12.1. The van der Waals surface area contributed by atoms with E-state index >= 15 is 0 Å². The van der Waals surface area contributed by atoms with Crippen LogP contribution in [0.4, 0.5) is 5.69 Å². The van der Waals surface area contributed by atoms with Crippen molar-refractivity contribution in [2.75, 3.05) is 26.1 Å². The molecule has 2 aromatic rings. The van der Waals surface area contributed by atoms with Gasteiger partial charge in [0.15, 0.2) is 6.61 Å². The van der Waals surface area contributed by atoms with Crippen LogP contribution in [-0.4, -0.2) is 26.7 Å². The quantitative estimate of drug-likeness (QED) is 0.759. The fraction of sp³-hybridized carbons (Fsp3) is 0.235. The van der Waals surface area contributed by atoms with Gasteiger partial charge in [-0.05, 0) is 46.6 Å². The van der Waals surface area contributed by atoms with Crippen LogP contribution in [0.25, 0.3) is 0 Å². The van der Waals surface area contributed by atoms with Crippen molar-refractivity contribution in [2.24, 2.45) is 0 Å². The van der Waals surface area contributed by atoms with E-state index in [2.05, 4.69) is 21.2 Å². The second-order valence-electron chi connectivity index (χ2n) is 4.93. The van der Waals surface area contributed by atoms with Crippen molar-refractivity contribution in [3.05, 3.63) is 45.4 Å². The van der Waals surface area contributed by atoms with Crippen molar-refractivity contribution in [3.8, 4) is 17.2 Å². The number of halogens is 2. The number of rotatable bonds is 6. The molecule has 1 N–H and O–H groups in total. The molecule has 7 heteroatoms. The van der Waals surface area contributed by atoms with Crippen LogP contribution in [0.1, 0.15) is 5.56 Å². The number of methoxy groups -OCH3 is 2. The number of anilines is 1. The molecule has 0 radical (unpaired) electrons. The highest BCUT2D eigenvalue weighted by atomic mass is 79.9. The van der Waals surface area contributed by atoms with Crippen molar-refractivity contribution in [1.29, 1.82) is 0 Å². The first-order valence-corrected chi connectivity index (χ1v) is 8.22. The van der Waals surface area contributed by atoms with Crippen LogP contribution in [0.3, 0.4) is 0 Å². The summed E-state index contributed by atoms with van der Waals surface area (Å²) in [5.74, 6) is 1.39. The predicted molar refractivity (Wildman–Crippen MR) is 97.6 cm³/mol. The molecule has 5 nitrogen and oxygen atoms in total. The molecule has 0 saturated carbocycles. The summed E-state index contributed by atoms with van der Waals surface area (Å²) < 4.78 is 16.7. The molecular weight excluding hydrogens is 398 g/mol. The Morgan fingerprint density at radius 2 is 1.83 bits per heavy atom. The fourth-order valence-electron chi connectivity index (χ4n) is 2.06. The van der Waals surface area contributed by atoms with Gasteiger partial charge in [0.2, 0.25) is 0 Å². The highest BCUT2D eigenvalue weighted by Gasteiger charge is 2.13. The lowest BCUT2D eigenvalue weighted by Crippen LogP contribution is -2.20. The van der Waals surface area contributed by atoms with Crippen LogP contribution in [0, 0.1) is 6.92 Å². The summed E-state index contributed by atoms with van der Waals surface area (Å²) in [5.41, 5.74) is 1.36. The number of nitrogens with one attached hydrogen (secondary N) is 1. The Labute approximate surface area is 154 Å². The van der Waals surface area contributed by atoms with E-state index in [1.54, 1.807) is 37.4 Å². The van der Waals surface area contributed by atoms with E-state index in [1.165, 1.54) is 7.11 Å². The standard InChI is InChI=1S/C17H17BrClNO4/c1-10-6-11(19)4-5-14(10)24-9-17(21)20-13-8-15(22-2)12(18)7-16(13)23-3/h4-8H,9H2,1-3H3,(H,20,21). The number of amides is 1. The van der Waals surface area contributed by atoms with Gasteiger partial charge >= 0.3 is 0 Å². The summed E-state index contributed by atoms with van der Waals surface area (Å²) in [5, 5.41) is 3.37. The highest BCUT2D eigenvalue weighted by Crippen LogP contribution is 2.36. The van der Waals surface area contributed by atoms with E-state index in [0.717, 1.165) is 10.0 Å². The lowest BCUT2D eigenvalue weighted by molar-refractivity contribution is -0.118. The van der Waals surface area contributed by atoms with Gasteiger partial charge in [0.25, 0.3) is 5.91 Å². The van der Waals surface area contributed by atoms with Gasteiger partial charge in [0, 0.05) is 17.2 Å². The first-order valence-electron chi connectivity index (χ1n) is 7.05. The van der Waals surface area contributed by atoms with Crippen LogP contribution in [-0.2, 0) is 4.79 Å². The zero-order valence-corrected chi connectivity index (χ0v) is 15.8. The van der Waals surface area contributed by atoms with Crippen molar-refractivity contribution in [2.45, 2.75) is 6.92 Å². The number of ether oxygens (including phenoxy) is 3. The Balaban J connectivity index is 2.06. The molecule has 2 aromatic carbocycles. The minimum Gasteiger partial charge on any atom is -0.495 e. The van der Waals surface area contributed by atoms with Crippen molar-refractivity contribution < 1.29 is 19.0 Å². The van der Waals surface area contributed by atoms with E-state index in [9.17, 15) is 4.79 Å². The van der Waals surface area contributed by atoms with Crippen LogP contribution in [0.2, 0.25) is 5.02 Å². The normalized spacial score (nSPS) is 10.2. The van der Waals surface area contributed by atoms with Crippen LogP contribution >= 0.6 is 27.5 Å². The molecule has 1 amide bonds. The summed E-state index contributed by atoms with van der Waals surface area (Å²) >= 11 is 9.27. The van der Waals surface area contributed by atoms with Gasteiger partial charge in [0.05, 0.1) is 24.4 Å². The lowest BCUT2D eigenvalue weighted by Gasteiger charge is -2.14. The Kier molecular flexibility index (Phi) is 6.34. The molecule has 0 fully saturated rings. The molecule has 0 spiro atoms. The lowest BCUT2D eigenvalue weighted by atomic mass is 10.2. The van der Waals surface area contributed by atoms with Crippen LogP contribution in [0.5, 0.6) is 17.2 Å². The first-order chi connectivity index (χ1) is 11.4. The Bertz CT molecular complexity index is 752. The number of carbonyl (C=O) groups is 1. The van der Waals surface area contributed by atoms with Gasteiger partial charge in [-0.2, -0.15) is 0 Å². The summed E-state index contributed by atoms with van der Waals surface area (Å²) in [7, 11) is 3.07. The molecule has 128 valence electrons. The second kappa shape index (κ2) is 8.26. The van der Waals surface area contributed by atoms with Gasteiger partial charge in [-0.1, -0.05) is 11.6 Å². The number of carbonyl (C=O) groups excluding carboxylic acids is 1. The minimum atomic E-state index is -0.313. The number of hydrogen-bond donors (Lipinski definition) is 1. The number of aryl methyl sites for hydroxylation is 1. The van der Waals surface area contributed by atoms with Gasteiger partial charge in [0.1, 0.15) is 17.2 Å². The zero-order chi connectivity index (χ0) is 17.7. The largest absolute Gasteiger partial charge is 0.495 e. The first kappa shape index (κ1) is 18.4. The highest BCUT2D eigenvalue weighted by molar-refractivity contribution is 9.10. The van der Waals surface area contributed by atoms with Gasteiger partial charge in [-0.15, -0.1) is 0 Å². The monoisotopic (exact) mass is 413 g/mol. The van der Waals surface area contributed by atoms with Crippen molar-refractivity contribution in [3.63, 3.8) is 0 Å². The SMILES string of the molecule is COc1cc(NC(=O)COc2ccc(Cl)cc2C)c(OC)cc1Br. The molecular formula is C17H17BrClNO4. The Morgan fingerprint density at radius 3 is 2.46 bits per heavy atom. The molecule has 0 aliphatic rings. The van der Waals surface area contributed by atoms with Gasteiger partial charge in [-0.25, -0.2) is 0 Å². The van der Waals surface area contributed by atoms with Gasteiger partial charge < -0.3 is 19.5 Å². The van der Waals surface area contributed by atoms with Crippen molar-refractivity contribution in [1.82, 2.24) is 0 Å². The van der Waals surface area contributed by atoms with E-state index in [4.69, 9.17) is 25.8 Å². The summed E-state index contributed by atoms with van der Waals surface area (Å²) in [6.45, 7) is 1.73. The molecule has 0 heterocycles. The molecule has 0 aliphatic heterocycles. The van der Waals surface area contributed by atoms with E-state index in [-0.39, 0.29) is 12.5 Å². The second-order valence-corrected chi connectivity index (χ2v) is 6.22. The molecule has 24 heavy (non-hydrogen) atoms. The van der Waals surface area contributed by atoms with Gasteiger partial charge in [-0.3, -0.25) is 4.79 Å². The topological polar surface area (TPSA) is 56.8 Å². The maximum atomic E-state index is 12.1. The van der Waals surface area contributed by atoms with Crippen LogP contribution in [0.15, 0.2) is 34.8 Å². The third-order valence-electron chi connectivity index (χ3n) is 3.24. The summed E-state index contributed by atoms with van der Waals surface area (Å²) in [6.07, 6.45) is 0. The fourth-order valence-corrected chi connectivity index (χ4v) is 2.77. The third kappa shape index (κ3) is 4.55. The maximum Gasteiger partial charge on any atom is 0.262 e. The van der Waals surface area contributed by atoms with Crippen molar-refractivity contribution >= 4 is 39.1 Å². The predicted octanol–water partition coefficient (Wildman–Crippen LogP) is 4.45. The molecule has 0 aliphatic carbocycles. The molecule has 0 bridgehead atoms. The number of benzene rings is 2. The molecule has 0 aromatic heterocycles. The average Bonchev–Trinajstić information content (AvgIpc) is 2.55. The molecule has 0 saturated heterocycles. The Hall–Kier alpha value is -1.92. The van der Waals surface area contributed by atoms with Crippen LogP contribution < -0.4 is 19.5 Å². The Morgan fingerprint density at radius 1 is 1.12 bits per heavy atom. The molecule has 0 unspecified atom stereocenters. The summed E-state index contributed by atoms with van der Waals surface area (Å²) in [4.78, 5) is 12.1. The minimum absolute atomic E-state index is 0.135. The third-order valence-corrected chi connectivity index (χ3v) is 4.10. The average molecular weight is 415 g/mol. The summed E-state index contributed by atoms with van der Waals surface area (Å²) in [6, 6.07) is 8.61. The zero-order valence-electron chi connectivity index (χ0n) is 13.5. The van der Waals surface area contributed by atoms with E-state index in [1.807, 2.05) is 6.92 Å². The van der Waals surface area contributed by atoms with E-state index in [0.29, 0.717) is 28.0 Å². The number of hydrogen-bond acceptors (Lipinski definition) is 4. The van der Waals surface area contributed by atoms with E-state index < -0.39 is 0 Å². The smallest absolute Gasteiger partial charge is 0.262 e. The molecule has 2 rings (SSSR count).